The lowest BCUT2D eigenvalue weighted by Gasteiger charge is -2.27. The second-order valence-electron chi connectivity index (χ2n) is 7.12. The van der Waals surface area contributed by atoms with Gasteiger partial charge < -0.3 is 14.7 Å². The van der Waals surface area contributed by atoms with Crippen LogP contribution in [-0.2, 0) is 4.74 Å². The molecule has 1 saturated heterocycles. The Hall–Kier alpha value is -1.83. The number of aliphatic hydroxyl groups excluding tert-OH is 1. The molecule has 1 fully saturated rings. The molecule has 0 radical (unpaired) electrons. The Kier molecular flexibility index (Phi) is 6.82. The highest BCUT2D eigenvalue weighted by molar-refractivity contribution is 5.69. The first-order valence-electron chi connectivity index (χ1n) is 7.91. The Bertz CT molecular complexity index is 550. The number of nitrogens with zero attached hydrogens (tertiary/aromatic N) is 2. The van der Waals surface area contributed by atoms with E-state index < -0.39 is 29.6 Å². The Labute approximate surface area is 145 Å². The fraction of sp³-hybridized carbons (Fsp3) is 0.647. The Morgan fingerprint density at radius 3 is 2.44 bits per heavy atom. The number of aliphatic hydroxyl groups is 1. The number of hydrogen-bond acceptors (Lipinski definition) is 4. The van der Waals surface area contributed by atoms with Crippen molar-refractivity contribution in [3.8, 4) is 0 Å². The standard InChI is InChI=1S/C17H25F3N2O3/c1-11(7-14(21-5)17(18,19)20)6-12-8-13(10-23)22(9-12)15(24)25-16(2,3)4/h7,12-13,23H,1,5-6,8-10H2,2-4H3/b14-7-. The molecule has 2 atom stereocenters. The van der Waals surface area contributed by atoms with Gasteiger partial charge in [0.2, 0.25) is 0 Å². The maximum Gasteiger partial charge on any atom is 0.433 e. The number of carbonyl (C=O) groups excluding carboxylic acids is 1. The molecule has 5 nitrogen and oxygen atoms in total. The molecule has 2 unspecified atom stereocenters. The van der Waals surface area contributed by atoms with Crippen LogP contribution in [0.5, 0.6) is 0 Å². The maximum atomic E-state index is 12.7. The zero-order valence-electron chi connectivity index (χ0n) is 14.8. The summed E-state index contributed by atoms with van der Waals surface area (Å²) in [5.74, 6) is -0.118. The van der Waals surface area contributed by atoms with Crippen molar-refractivity contribution in [2.24, 2.45) is 10.9 Å². The lowest BCUT2D eigenvalue weighted by Crippen LogP contribution is -2.41. The number of alkyl halides is 3. The SMILES string of the molecule is C=N/C(=C\C(=C)CC1CC(CO)N(C(=O)OC(C)(C)C)C1)C(F)(F)F. The molecule has 0 aliphatic carbocycles. The van der Waals surface area contributed by atoms with Crippen molar-refractivity contribution in [2.75, 3.05) is 13.2 Å². The molecular weight excluding hydrogens is 337 g/mol. The van der Waals surface area contributed by atoms with E-state index in [1.165, 1.54) is 4.90 Å². The number of rotatable bonds is 5. The average Bonchev–Trinajstić information content (AvgIpc) is 2.84. The Balaban J connectivity index is 2.76. The van der Waals surface area contributed by atoms with Gasteiger partial charge in [0, 0.05) is 6.54 Å². The lowest BCUT2D eigenvalue weighted by atomic mass is 9.97. The predicted octanol–water partition coefficient (Wildman–Crippen LogP) is 3.70. The molecule has 142 valence electrons. The third kappa shape index (κ3) is 6.53. The number of likely N-dealkylation sites (tertiary alicyclic amines) is 1. The molecule has 0 aromatic rings. The quantitative estimate of drug-likeness (QED) is 0.599. The molecule has 1 amide bonds. The highest BCUT2D eigenvalue weighted by Gasteiger charge is 2.38. The third-order valence-electron chi connectivity index (χ3n) is 3.69. The first-order valence-corrected chi connectivity index (χ1v) is 7.91. The second-order valence-corrected chi connectivity index (χ2v) is 7.12. The number of hydrogen-bond donors (Lipinski definition) is 1. The van der Waals surface area contributed by atoms with Gasteiger partial charge in [-0.1, -0.05) is 12.2 Å². The summed E-state index contributed by atoms with van der Waals surface area (Å²) < 4.78 is 43.4. The maximum absolute atomic E-state index is 12.7. The van der Waals surface area contributed by atoms with E-state index >= 15 is 0 Å². The molecule has 1 aliphatic heterocycles. The minimum absolute atomic E-state index is 0.118. The summed E-state index contributed by atoms with van der Waals surface area (Å²) in [5, 5.41) is 9.47. The van der Waals surface area contributed by atoms with Crippen molar-refractivity contribution < 1.29 is 27.8 Å². The number of allylic oxidation sites excluding steroid dienone is 3. The highest BCUT2D eigenvalue weighted by Crippen LogP contribution is 2.32. The molecule has 1 aliphatic rings. The van der Waals surface area contributed by atoms with Gasteiger partial charge in [0.15, 0.2) is 0 Å². The molecule has 0 bridgehead atoms. The average molecular weight is 362 g/mol. The Morgan fingerprint density at radius 1 is 1.40 bits per heavy atom. The van der Waals surface area contributed by atoms with Crippen molar-refractivity contribution in [2.45, 2.75) is 51.4 Å². The smallest absolute Gasteiger partial charge is 0.433 e. The number of aliphatic imine (C=N–C) groups is 1. The van der Waals surface area contributed by atoms with Gasteiger partial charge in [-0.3, -0.25) is 4.99 Å². The lowest BCUT2D eigenvalue weighted by molar-refractivity contribution is -0.0922. The zero-order valence-corrected chi connectivity index (χ0v) is 14.8. The van der Waals surface area contributed by atoms with Crippen molar-refractivity contribution in [1.82, 2.24) is 4.90 Å². The summed E-state index contributed by atoms with van der Waals surface area (Å²) >= 11 is 0. The van der Waals surface area contributed by atoms with E-state index in [-0.39, 0.29) is 31.1 Å². The summed E-state index contributed by atoms with van der Waals surface area (Å²) in [4.78, 5) is 16.6. The summed E-state index contributed by atoms with van der Waals surface area (Å²) in [6, 6.07) is -0.420. The molecular formula is C17H25F3N2O3. The van der Waals surface area contributed by atoms with E-state index in [0.717, 1.165) is 6.08 Å². The highest BCUT2D eigenvalue weighted by atomic mass is 19.4. The fourth-order valence-corrected chi connectivity index (χ4v) is 2.72. The van der Waals surface area contributed by atoms with Gasteiger partial charge in [-0.25, -0.2) is 4.79 Å². The number of amides is 1. The molecule has 0 saturated carbocycles. The van der Waals surface area contributed by atoms with Crippen molar-refractivity contribution >= 4 is 12.8 Å². The van der Waals surface area contributed by atoms with Gasteiger partial charge in [-0.05, 0) is 52.3 Å². The van der Waals surface area contributed by atoms with Crippen molar-refractivity contribution in [3.05, 3.63) is 23.9 Å². The topological polar surface area (TPSA) is 62.1 Å². The zero-order chi connectivity index (χ0) is 19.4. The first-order chi connectivity index (χ1) is 11.4. The number of carbonyl (C=O) groups is 1. The van der Waals surface area contributed by atoms with Crippen LogP contribution in [0.15, 0.2) is 28.9 Å². The van der Waals surface area contributed by atoms with Crippen LogP contribution in [0.1, 0.15) is 33.6 Å². The van der Waals surface area contributed by atoms with Crippen LogP contribution in [0.25, 0.3) is 0 Å². The van der Waals surface area contributed by atoms with Crippen molar-refractivity contribution in [1.29, 1.82) is 0 Å². The van der Waals surface area contributed by atoms with Gasteiger partial charge in [-0.2, -0.15) is 13.2 Å². The van der Waals surface area contributed by atoms with Crippen LogP contribution in [0.3, 0.4) is 0 Å². The second kappa shape index (κ2) is 8.03. The van der Waals surface area contributed by atoms with Crippen LogP contribution < -0.4 is 0 Å². The fourth-order valence-electron chi connectivity index (χ4n) is 2.72. The van der Waals surface area contributed by atoms with Gasteiger partial charge in [-0.15, -0.1) is 0 Å². The van der Waals surface area contributed by atoms with E-state index in [0.29, 0.717) is 6.42 Å². The molecule has 25 heavy (non-hydrogen) atoms. The molecule has 0 spiro atoms. The van der Waals surface area contributed by atoms with Gasteiger partial charge in [0.1, 0.15) is 11.3 Å². The van der Waals surface area contributed by atoms with E-state index in [1.54, 1.807) is 20.8 Å². The van der Waals surface area contributed by atoms with Crippen LogP contribution in [0.4, 0.5) is 18.0 Å². The summed E-state index contributed by atoms with van der Waals surface area (Å²) in [7, 11) is 0. The van der Waals surface area contributed by atoms with Crippen LogP contribution in [0, 0.1) is 5.92 Å². The monoisotopic (exact) mass is 362 g/mol. The first kappa shape index (κ1) is 21.2. The summed E-state index contributed by atoms with van der Waals surface area (Å²) in [6.45, 7) is 11.8. The molecule has 0 aromatic heterocycles. The van der Waals surface area contributed by atoms with Crippen LogP contribution in [0.2, 0.25) is 0 Å². The van der Waals surface area contributed by atoms with E-state index in [2.05, 4.69) is 18.3 Å². The number of halogens is 3. The van der Waals surface area contributed by atoms with Gasteiger partial charge in [0.25, 0.3) is 0 Å². The van der Waals surface area contributed by atoms with E-state index in [1.807, 2.05) is 0 Å². The summed E-state index contributed by atoms with van der Waals surface area (Å²) in [6.07, 6.45) is -3.55. The molecule has 1 rings (SSSR count). The van der Waals surface area contributed by atoms with Crippen molar-refractivity contribution in [3.63, 3.8) is 0 Å². The van der Waals surface area contributed by atoms with Crippen LogP contribution in [-0.4, -0.2) is 53.8 Å². The molecule has 1 N–H and O–H groups in total. The largest absolute Gasteiger partial charge is 0.444 e. The molecule has 1 heterocycles. The van der Waals surface area contributed by atoms with Crippen LogP contribution >= 0.6 is 0 Å². The third-order valence-corrected chi connectivity index (χ3v) is 3.69. The van der Waals surface area contributed by atoms with E-state index in [4.69, 9.17) is 4.74 Å². The number of ether oxygens (including phenoxy) is 1. The minimum atomic E-state index is -4.59. The summed E-state index contributed by atoms with van der Waals surface area (Å²) in [5.41, 5.74) is -1.52. The predicted molar refractivity (Wildman–Crippen MR) is 89.4 cm³/mol. The van der Waals surface area contributed by atoms with Gasteiger partial charge in [0.05, 0.1) is 12.6 Å². The molecule has 0 aromatic carbocycles. The molecule has 8 heteroatoms. The normalized spacial score (nSPS) is 22.0. The van der Waals surface area contributed by atoms with E-state index in [9.17, 15) is 23.1 Å². The minimum Gasteiger partial charge on any atom is -0.444 e. The Morgan fingerprint density at radius 2 is 2.00 bits per heavy atom. The van der Waals surface area contributed by atoms with Gasteiger partial charge >= 0.3 is 12.3 Å².